The fraction of sp³-hybridized carbons (Fsp3) is 0.455. The topological polar surface area (TPSA) is 81.2 Å². The highest BCUT2D eigenvalue weighted by molar-refractivity contribution is 8.01. The van der Waals surface area contributed by atoms with Gasteiger partial charge in [-0.2, -0.15) is 0 Å². The maximum atomic E-state index is 12.8. The molecule has 1 amide bonds. The Kier molecular flexibility index (Phi) is 6.34. The number of carbonyl (C=O) groups excluding carboxylic acids is 2. The summed E-state index contributed by atoms with van der Waals surface area (Å²) in [6, 6.07) is 6.75. The van der Waals surface area contributed by atoms with Crippen LogP contribution in [0.2, 0.25) is 0 Å². The van der Waals surface area contributed by atoms with Crippen molar-refractivity contribution in [3.8, 4) is 0 Å². The molecular weight excluding hydrogens is 418 g/mol. The average molecular weight is 444 g/mol. The molecule has 0 spiro atoms. The SMILES string of the molecule is COC(=O)c1cccc(NC(=O)C(C)Sc2ncnc3c2C2CCC(C)CC2S3)c1. The molecule has 158 valence electrons. The summed E-state index contributed by atoms with van der Waals surface area (Å²) in [6.45, 7) is 4.20. The Bertz CT molecular complexity index is 968. The molecule has 2 heterocycles. The number of rotatable bonds is 5. The molecule has 8 heteroatoms. The minimum absolute atomic E-state index is 0.131. The molecule has 1 fully saturated rings. The maximum absolute atomic E-state index is 12.8. The number of hydrogen-bond acceptors (Lipinski definition) is 7. The number of esters is 1. The van der Waals surface area contributed by atoms with Crippen LogP contribution in [0, 0.1) is 5.92 Å². The largest absolute Gasteiger partial charge is 0.465 e. The molecule has 30 heavy (non-hydrogen) atoms. The number of carbonyl (C=O) groups is 2. The first-order valence-electron chi connectivity index (χ1n) is 10.1. The van der Waals surface area contributed by atoms with Crippen molar-refractivity contribution in [2.24, 2.45) is 5.92 Å². The van der Waals surface area contributed by atoms with Crippen LogP contribution in [0.25, 0.3) is 0 Å². The molecule has 1 aromatic heterocycles. The summed E-state index contributed by atoms with van der Waals surface area (Å²) in [5.74, 6) is 0.673. The van der Waals surface area contributed by atoms with Gasteiger partial charge in [0, 0.05) is 22.4 Å². The average Bonchev–Trinajstić information content (AvgIpc) is 3.11. The molecule has 1 N–H and O–H groups in total. The molecule has 0 radical (unpaired) electrons. The normalized spacial score (nSPS) is 23.2. The van der Waals surface area contributed by atoms with Crippen molar-refractivity contribution in [2.75, 3.05) is 12.4 Å². The minimum atomic E-state index is -0.432. The zero-order valence-electron chi connectivity index (χ0n) is 17.3. The van der Waals surface area contributed by atoms with Crippen LogP contribution in [0.1, 0.15) is 54.9 Å². The van der Waals surface area contributed by atoms with Crippen LogP contribution in [-0.4, -0.2) is 39.5 Å². The Morgan fingerprint density at radius 2 is 2.13 bits per heavy atom. The van der Waals surface area contributed by atoms with E-state index in [1.807, 2.05) is 18.7 Å². The van der Waals surface area contributed by atoms with E-state index in [1.54, 1.807) is 30.6 Å². The number of hydrogen-bond donors (Lipinski definition) is 1. The molecule has 1 aliphatic carbocycles. The molecule has 1 aromatic carbocycles. The second-order valence-corrected chi connectivity index (χ2v) is 10.5. The van der Waals surface area contributed by atoms with Crippen molar-refractivity contribution < 1.29 is 14.3 Å². The lowest BCUT2D eigenvalue weighted by Crippen LogP contribution is -2.24. The fourth-order valence-corrected chi connectivity index (χ4v) is 6.79. The zero-order chi connectivity index (χ0) is 21.3. The highest BCUT2D eigenvalue weighted by atomic mass is 32.2. The third-order valence-electron chi connectivity index (χ3n) is 5.71. The van der Waals surface area contributed by atoms with Gasteiger partial charge < -0.3 is 10.1 Å². The maximum Gasteiger partial charge on any atom is 0.337 e. The van der Waals surface area contributed by atoms with Gasteiger partial charge in [-0.05, 0) is 43.9 Å². The predicted octanol–water partition coefficient (Wildman–Crippen LogP) is 4.76. The standard InChI is InChI=1S/C22H25N3O3S2/c1-12-7-8-16-17(9-12)30-21-18(16)20(23-11-24-21)29-13(2)19(26)25-15-6-4-5-14(10-15)22(27)28-3/h4-6,10-13,16-17H,7-9H2,1-3H3,(H,25,26). The van der Waals surface area contributed by atoms with Gasteiger partial charge in [-0.3, -0.25) is 4.79 Å². The molecule has 6 nitrogen and oxygen atoms in total. The van der Waals surface area contributed by atoms with E-state index in [4.69, 9.17) is 4.74 Å². The van der Waals surface area contributed by atoms with Crippen molar-refractivity contribution in [1.82, 2.24) is 9.97 Å². The van der Waals surface area contributed by atoms with Gasteiger partial charge in [0.15, 0.2) is 0 Å². The van der Waals surface area contributed by atoms with Gasteiger partial charge >= 0.3 is 5.97 Å². The molecule has 2 aromatic rings. The zero-order valence-corrected chi connectivity index (χ0v) is 18.9. The minimum Gasteiger partial charge on any atom is -0.465 e. The second-order valence-electron chi connectivity index (χ2n) is 7.90. The summed E-state index contributed by atoms with van der Waals surface area (Å²) in [4.78, 5) is 33.6. The number of benzene rings is 1. The summed E-state index contributed by atoms with van der Waals surface area (Å²) in [5, 5.41) is 5.13. The number of fused-ring (bicyclic) bond motifs is 3. The fourth-order valence-electron chi connectivity index (χ4n) is 4.11. The van der Waals surface area contributed by atoms with Crippen LogP contribution >= 0.6 is 23.5 Å². The summed E-state index contributed by atoms with van der Waals surface area (Å²) < 4.78 is 4.74. The van der Waals surface area contributed by atoms with E-state index in [0.29, 0.717) is 22.4 Å². The van der Waals surface area contributed by atoms with Crippen molar-refractivity contribution in [1.29, 1.82) is 0 Å². The first-order chi connectivity index (χ1) is 14.5. The third-order valence-corrected chi connectivity index (χ3v) is 8.20. The third kappa shape index (κ3) is 4.34. The molecule has 4 atom stereocenters. The summed E-state index contributed by atoms with van der Waals surface area (Å²) in [5.41, 5.74) is 2.20. The van der Waals surface area contributed by atoms with Crippen molar-refractivity contribution >= 4 is 41.1 Å². The van der Waals surface area contributed by atoms with E-state index in [2.05, 4.69) is 22.2 Å². The number of aromatic nitrogens is 2. The number of thioether (sulfide) groups is 2. The number of nitrogens with zero attached hydrogens (tertiary/aromatic N) is 2. The number of ether oxygens (including phenoxy) is 1. The highest BCUT2D eigenvalue weighted by Crippen LogP contribution is 2.54. The van der Waals surface area contributed by atoms with E-state index < -0.39 is 5.97 Å². The molecule has 0 saturated heterocycles. The van der Waals surface area contributed by atoms with Gasteiger partial charge in [0.25, 0.3) is 0 Å². The van der Waals surface area contributed by atoms with Crippen LogP contribution in [0.15, 0.2) is 40.6 Å². The first kappa shape index (κ1) is 21.2. The van der Waals surface area contributed by atoms with E-state index in [1.165, 1.54) is 37.3 Å². The van der Waals surface area contributed by atoms with Crippen molar-refractivity contribution in [2.45, 2.75) is 59.6 Å². The van der Waals surface area contributed by atoms with Crippen molar-refractivity contribution in [3.05, 3.63) is 41.7 Å². The van der Waals surface area contributed by atoms with Crippen LogP contribution in [0.3, 0.4) is 0 Å². The van der Waals surface area contributed by atoms with Gasteiger partial charge in [0.05, 0.1) is 17.9 Å². The van der Waals surface area contributed by atoms with Gasteiger partial charge in [-0.15, -0.1) is 11.8 Å². The van der Waals surface area contributed by atoms with Gasteiger partial charge in [-0.25, -0.2) is 14.8 Å². The highest BCUT2D eigenvalue weighted by Gasteiger charge is 2.40. The Hall–Kier alpha value is -2.06. The van der Waals surface area contributed by atoms with Crippen molar-refractivity contribution in [3.63, 3.8) is 0 Å². The lowest BCUT2D eigenvalue weighted by molar-refractivity contribution is -0.115. The molecule has 0 bridgehead atoms. The Balaban J connectivity index is 1.47. The van der Waals surface area contributed by atoms with Gasteiger partial charge in [-0.1, -0.05) is 31.2 Å². The smallest absolute Gasteiger partial charge is 0.337 e. The number of anilines is 1. The summed E-state index contributed by atoms with van der Waals surface area (Å²) in [7, 11) is 1.34. The predicted molar refractivity (Wildman–Crippen MR) is 119 cm³/mol. The van der Waals surface area contributed by atoms with E-state index >= 15 is 0 Å². The van der Waals surface area contributed by atoms with Gasteiger partial charge in [0.2, 0.25) is 5.91 Å². The molecule has 4 rings (SSSR count). The Morgan fingerprint density at radius 1 is 1.30 bits per heavy atom. The Labute approximate surface area is 185 Å². The summed E-state index contributed by atoms with van der Waals surface area (Å²) >= 11 is 3.35. The Morgan fingerprint density at radius 3 is 2.93 bits per heavy atom. The summed E-state index contributed by atoms with van der Waals surface area (Å²) in [6.07, 6.45) is 5.21. The van der Waals surface area contributed by atoms with E-state index in [-0.39, 0.29) is 11.2 Å². The monoisotopic (exact) mass is 443 g/mol. The molecule has 1 saturated carbocycles. The number of methoxy groups -OCH3 is 1. The van der Waals surface area contributed by atoms with E-state index in [9.17, 15) is 9.59 Å². The van der Waals surface area contributed by atoms with Crippen LogP contribution in [-0.2, 0) is 9.53 Å². The van der Waals surface area contributed by atoms with E-state index in [0.717, 1.165) is 22.4 Å². The molecular formula is C22H25N3O3S2. The quantitative estimate of drug-likeness (QED) is 0.405. The first-order valence-corrected chi connectivity index (χ1v) is 11.9. The number of amides is 1. The lowest BCUT2D eigenvalue weighted by atomic mass is 9.80. The molecule has 4 unspecified atom stereocenters. The molecule has 1 aliphatic heterocycles. The van der Waals surface area contributed by atoms with Gasteiger partial charge in [0.1, 0.15) is 16.4 Å². The van der Waals surface area contributed by atoms with Crippen LogP contribution in [0.5, 0.6) is 0 Å². The lowest BCUT2D eigenvalue weighted by Gasteiger charge is -2.29. The second kappa shape index (κ2) is 8.98. The molecule has 2 aliphatic rings. The number of nitrogens with one attached hydrogen (secondary N) is 1. The van der Waals surface area contributed by atoms with Crippen LogP contribution in [0.4, 0.5) is 5.69 Å². The van der Waals surface area contributed by atoms with Crippen LogP contribution < -0.4 is 5.32 Å².